The van der Waals surface area contributed by atoms with Gasteiger partial charge >= 0.3 is 0 Å². The predicted octanol–water partition coefficient (Wildman–Crippen LogP) is 3.36. The lowest BCUT2D eigenvalue weighted by Crippen LogP contribution is -2.36. The van der Waals surface area contributed by atoms with E-state index in [1.807, 2.05) is 18.2 Å². The molecule has 1 amide bonds. The van der Waals surface area contributed by atoms with E-state index < -0.39 is 0 Å². The second-order valence-corrected chi connectivity index (χ2v) is 11.4. The first-order valence-corrected chi connectivity index (χ1v) is 13.8. The fraction of sp³-hybridized carbons (Fsp3) is 0.440. The maximum absolute atomic E-state index is 13.2. The molecule has 12 heteroatoms. The molecule has 2 fully saturated rings. The van der Waals surface area contributed by atoms with Gasteiger partial charge in [0.05, 0.1) is 24.9 Å². The van der Waals surface area contributed by atoms with Gasteiger partial charge in [0.15, 0.2) is 18.2 Å². The van der Waals surface area contributed by atoms with Gasteiger partial charge in [0, 0.05) is 47.6 Å². The molecule has 0 spiro atoms. The number of nitrogens with zero attached hydrogens (tertiary/aromatic N) is 4. The van der Waals surface area contributed by atoms with Crippen LogP contribution in [0.1, 0.15) is 12.8 Å². The quantitative estimate of drug-likeness (QED) is 0.286. The third-order valence-electron chi connectivity index (χ3n) is 6.49. The number of likely N-dealkylation sites (N-methyl/N-ethyl adjacent to an activating group) is 1. The minimum Gasteiger partial charge on any atom is -0.478 e. The average molecular weight is 639 g/mol. The lowest BCUT2D eigenvalue weighted by Gasteiger charge is -2.30. The van der Waals surface area contributed by atoms with Crippen LogP contribution in [0.3, 0.4) is 0 Å². The first-order valence-electron chi connectivity index (χ1n) is 12.2. The zero-order valence-corrected chi connectivity index (χ0v) is 23.3. The van der Waals surface area contributed by atoms with E-state index in [0.29, 0.717) is 40.5 Å². The standard InChI is InChI=1S/C25H28ClIN6O4/c1-28-22(34)14-37-21-8-16-7-18(4-5-20(16)33(24(21)35)10-15-12-36-13-15)30-23-19(26)9-29-25(31-23)32-6-2-3-17(27)11-32/h4-5,7-9,15,17H,2-3,6,10-14H2,1H3,(H,28,34)(H,29,30,31). The molecule has 0 bridgehead atoms. The molecule has 0 aliphatic carbocycles. The molecule has 5 rings (SSSR count). The number of rotatable bonds is 8. The monoisotopic (exact) mass is 638 g/mol. The summed E-state index contributed by atoms with van der Waals surface area (Å²) in [6, 6.07) is 7.36. The summed E-state index contributed by atoms with van der Waals surface area (Å²) in [6.07, 6.45) is 3.92. The van der Waals surface area contributed by atoms with E-state index in [2.05, 4.69) is 43.1 Å². The van der Waals surface area contributed by atoms with Gasteiger partial charge in [-0.3, -0.25) is 9.59 Å². The number of nitrogens with one attached hydrogen (secondary N) is 2. The summed E-state index contributed by atoms with van der Waals surface area (Å²) in [5.74, 6) is 1.22. The van der Waals surface area contributed by atoms with Crippen LogP contribution < -0.4 is 25.8 Å². The SMILES string of the molecule is CNC(=O)COc1cc2cc(Nc3nc(N4CCCC(I)C4)ncc3Cl)ccc2n(CC2COC2)c1=O. The molecule has 2 aromatic heterocycles. The van der Waals surface area contributed by atoms with E-state index in [1.54, 1.807) is 16.8 Å². The van der Waals surface area contributed by atoms with Crippen LogP contribution in [0.2, 0.25) is 5.02 Å². The number of hydrogen-bond acceptors (Lipinski definition) is 8. The Hall–Kier alpha value is -2.64. The summed E-state index contributed by atoms with van der Waals surface area (Å²) >= 11 is 8.91. The van der Waals surface area contributed by atoms with E-state index in [0.717, 1.165) is 36.1 Å². The second-order valence-electron chi connectivity index (χ2n) is 9.24. The summed E-state index contributed by atoms with van der Waals surface area (Å²) in [4.78, 5) is 36.3. The summed E-state index contributed by atoms with van der Waals surface area (Å²) in [5, 5.41) is 7.01. The topological polar surface area (TPSA) is 111 Å². The Morgan fingerprint density at radius 1 is 1.32 bits per heavy atom. The number of piperidine rings is 1. The van der Waals surface area contributed by atoms with Crippen LogP contribution in [0, 0.1) is 5.92 Å². The number of carbonyl (C=O) groups is 1. The molecular weight excluding hydrogens is 611 g/mol. The molecule has 2 N–H and O–H groups in total. The van der Waals surface area contributed by atoms with E-state index >= 15 is 0 Å². The van der Waals surface area contributed by atoms with Gasteiger partial charge in [-0.25, -0.2) is 4.98 Å². The second kappa shape index (κ2) is 11.4. The van der Waals surface area contributed by atoms with Gasteiger partial charge in [-0.1, -0.05) is 34.2 Å². The van der Waals surface area contributed by atoms with E-state index in [4.69, 9.17) is 26.1 Å². The fourth-order valence-electron chi connectivity index (χ4n) is 4.43. The Morgan fingerprint density at radius 3 is 2.89 bits per heavy atom. The van der Waals surface area contributed by atoms with Crippen LogP contribution in [-0.4, -0.2) is 64.3 Å². The maximum Gasteiger partial charge on any atom is 0.293 e. The van der Waals surface area contributed by atoms with Crippen LogP contribution in [0.15, 0.2) is 35.3 Å². The van der Waals surface area contributed by atoms with Crippen molar-refractivity contribution in [3.8, 4) is 5.75 Å². The van der Waals surface area contributed by atoms with E-state index in [-0.39, 0.29) is 29.7 Å². The zero-order valence-electron chi connectivity index (χ0n) is 20.4. The van der Waals surface area contributed by atoms with Crippen LogP contribution in [-0.2, 0) is 16.1 Å². The van der Waals surface area contributed by atoms with Gasteiger partial charge in [0.1, 0.15) is 5.02 Å². The summed E-state index contributed by atoms with van der Waals surface area (Å²) in [7, 11) is 1.52. The van der Waals surface area contributed by atoms with Crippen molar-refractivity contribution in [2.24, 2.45) is 5.92 Å². The number of carbonyl (C=O) groups excluding carboxylic acids is 1. The molecule has 2 aliphatic heterocycles. The number of anilines is 3. The highest BCUT2D eigenvalue weighted by atomic mass is 127. The van der Waals surface area contributed by atoms with Gasteiger partial charge < -0.3 is 29.6 Å². The maximum atomic E-state index is 13.2. The van der Waals surface area contributed by atoms with Gasteiger partial charge in [0.25, 0.3) is 11.5 Å². The highest BCUT2D eigenvalue weighted by Crippen LogP contribution is 2.29. The number of halogens is 2. The molecule has 2 saturated heterocycles. The van der Waals surface area contributed by atoms with Gasteiger partial charge in [0.2, 0.25) is 5.95 Å². The Balaban J connectivity index is 1.46. The number of amides is 1. The Kier molecular flexibility index (Phi) is 8.01. The first kappa shape index (κ1) is 26.0. The van der Waals surface area contributed by atoms with Crippen molar-refractivity contribution in [2.45, 2.75) is 23.3 Å². The van der Waals surface area contributed by atoms with Crippen molar-refractivity contribution in [3.63, 3.8) is 0 Å². The molecule has 4 heterocycles. The van der Waals surface area contributed by atoms with Crippen molar-refractivity contribution in [1.82, 2.24) is 19.9 Å². The molecule has 10 nitrogen and oxygen atoms in total. The van der Waals surface area contributed by atoms with Crippen LogP contribution in [0.25, 0.3) is 10.9 Å². The normalized spacial score (nSPS) is 17.9. The van der Waals surface area contributed by atoms with Crippen LogP contribution >= 0.6 is 34.2 Å². The molecule has 2 aliphatic rings. The number of alkyl halides is 1. The van der Waals surface area contributed by atoms with Crippen LogP contribution in [0.4, 0.5) is 17.5 Å². The minimum atomic E-state index is -0.314. The van der Waals surface area contributed by atoms with Gasteiger partial charge in [-0.05, 0) is 37.1 Å². The number of ether oxygens (including phenoxy) is 2. The predicted molar refractivity (Wildman–Crippen MR) is 152 cm³/mol. The lowest BCUT2D eigenvalue weighted by atomic mass is 10.1. The van der Waals surface area contributed by atoms with Gasteiger partial charge in [-0.2, -0.15) is 4.98 Å². The first-order chi connectivity index (χ1) is 17.9. The highest BCUT2D eigenvalue weighted by molar-refractivity contribution is 14.1. The highest BCUT2D eigenvalue weighted by Gasteiger charge is 2.23. The molecule has 1 aromatic carbocycles. The molecule has 0 saturated carbocycles. The minimum absolute atomic E-state index is 0.120. The van der Waals surface area contributed by atoms with Crippen molar-refractivity contribution in [2.75, 3.05) is 50.2 Å². The Bertz CT molecular complexity index is 1360. The molecule has 196 valence electrons. The molecule has 1 unspecified atom stereocenters. The molecule has 37 heavy (non-hydrogen) atoms. The smallest absolute Gasteiger partial charge is 0.293 e. The summed E-state index contributed by atoms with van der Waals surface area (Å²) in [5.41, 5.74) is 1.24. The van der Waals surface area contributed by atoms with Crippen molar-refractivity contribution in [1.29, 1.82) is 0 Å². The summed E-state index contributed by atoms with van der Waals surface area (Å²) < 4.78 is 13.2. The molecule has 0 radical (unpaired) electrons. The fourth-order valence-corrected chi connectivity index (χ4v) is 5.48. The number of aromatic nitrogens is 3. The number of hydrogen-bond donors (Lipinski definition) is 2. The van der Waals surface area contributed by atoms with Crippen molar-refractivity contribution >= 4 is 68.5 Å². The Labute approximate surface area is 232 Å². The molecule has 3 aromatic rings. The largest absolute Gasteiger partial charge is 0.478 e. The lowest BCUT2D eigenvalue weighted by molar-refractivity contribution is -0.122. The van der Waals surface area contributed by atoms with E-state index in [1.165, 1.54) is 13.5 Å². The van der Waals surface area contributed by atoms with Gasteiger partial charge in [-0.15, -0.1) is 0 Å². The van der Waals surface area contributed by atoms with Crippen molar-refractivity contribution < 1.29 is 14.3 Å². The summed E-state index contributed by atoms with van der Waals surface area (Å²) in [6.45, 7) is 3.31. The van der Waals surface area contributed by atoms with Crippen LogP contribution in [0.5, 0.6) is 5.75 Å². The number of pyridine rings is 1. The number of benzene rings is 1. The third-order valence-corrected chi connectivity index (χ3v) is 7.78. The van der Waals surface area contributed by atoms with Crippen molar-refractivity contribution in [3.05, 3.63) is 45.8 Å². The zero-order chi connectivity index (χ0) is 25.9. The molecular formula is C25H28ClIN6O4. The molecule has 1 atom stereocenters. The Morgan fingerprint density at radius 2 is 2.16 bits per heavy atom. The average Bonchev–Trinajstić information content (AvgIpc) is 2.87. The third kappa shape index (κ3) is 5.93. The van der Waals surface area contributed by atoms with E-state index in [9.17, 15) is 9.59 Å². The number of fused-ring (bicyclic) bond motifs is 1.